The van der Waals surface area contributed by atoms with Crippen LogP contribution in [0.4, 0.5) is 11.4 Å². The molecule has 0 unspecified atom stereocenters. The second-order valence-electron chi connectivity index (χ2n) is 6.65. The average molecular weight is 375 g/mol. The molecule has 1 atom stereocenters. The minimum atomic E-state index is -3.79. The Labute approximate surface area is 152 Å². The van der Waals surface area contributed by atoms with Crippen molar-refractivity contribution in [3.63, 3.8) is 0 Å². The molecular weight excluding hydrogens is 354 g/mol. The Morgan fingerprint density at radius 3 is 2.62 bits per heavy atom. The van der Waals surface area contributed by atoms with Crippen LogP contribution in [0.15, 0.2) is 47.4 Å². The van der Waals surface area contributed by atoms with Crippen LogP contribution in [0, 0.1) is 10.1 Å². The molecule has 3 rings (SSSR count). The molecule has 2 N–H and O–H groups in total. The number of nitro groups is 1. The maximum Gasteiger partial charge on any atom is 0.293 e. The van der Waals surface area contributed by atoms with Crippen LogP contribution in [-0.4, -0.2) is 19.4 Å². The first-order valence-electron chi connectivity index (χ1n) is 8.43. The summed E-state index contributed by atoms with van der Waals surface area (Å²) < 4.78 is 27.0. The number of fused-ring (bicyclic) bond motifs is 1. The number of aryl methyl sites for hydroxylation is 1. The molecule has 0 spiro atoms. The zero-order chi connectivity index (χ0) is 18.9. The van der Waals surface area contributed by atoms with Crippen molar-refractivity contribution < 1.29 is 13.3 Å². The van der Waals surface area contributed by atoms with Crippen LogP contribution >= 0.6 is 0 Å². The Balaban J connectivity index is 1.93. The third-order valence-electron chi connectivity index (χ3n) is 4.33. The summed E-state index contributed by atoms with van der Waals surface area (Å²) >= 11 is 0. The number of sulfonamides is 1. The first-order chi connectivity index (χ1) is 12.3. The smallest absolute Gasteiger partial charge is 0.293 e. The number of rotatable bonds is 6. The van der Waals surface area contributed by atoms with Crippen molar-refractivity contribution in [1.82, 2.24) is 4.72 Å². The molecule has 7 nitrogen and oxygen atoms in total. The Morgan fingerprint density at radius 2 is 1.92 bits per heavy atom. The maximum absolute atomic E-state index is 12.3. The number of benzene rings is 2. The molecule has 1 aliphatic carbocycles. The molecule has 0 bridgehead atoms. The normalized spacial score (nSPS) is 16.5. The average Bonchev–Trinajstić information content (AvgIpc) is 2.97. The number of hydrogen-bond donors (Lipinski definition) is 2. The number of anilines is 1. The zero-order valence-electron chi connectivity index (χ0n) is 14.6. The summed E-state index contributed by atoms with van der Waals surface area (Å²) in [6.45, 7) is 3.39. The van der Waals surface area contributed by atoms with Crippen LogP contribution in [0.1, 0.15) is 37.4 Å². The molecule has 8 heteroatoms. The molecular formula is C18H21N3O4S. The van der Waals surface area contributed by atoms with Crippen molar-refractivity contribution in [2.75, 3.05) is 5.32 Å². The molecule has 0 heterocycles. The van der Waals surface area contributed by atoms with Crippen molar-refractivity contribution in [3.05, 3.63) is 63.7 Å². The van der Waals surface area contributed by atoms with Crippen LogP contribution in [0.5, 0.6) is 0 Å². The van der Waals surface area contributed by atoms with Gasteiger partial charge >= 0.3 is 0 Å². The largest absolute Gasteiger partial charge is 0.373 e. The van der Waals surface area contributed by atoms with Crippen LogP contribution < -0.4 is 10.0 Å². The van der Waals surface area contributed by atoms with Gasteiger partial charge in [-0.2, -0.15) is 0 Å². The minimum absolute atomic E-state index is 0.0267. The standard InChI is InChI=1S/C18H21N3O4S/c1-12(2)20-26(24,25)14-8-10-17(18(11-14)21(22)23)19-16-9-7-13-5-3-4-6-15(13)16/h3-6,8,10-12,16,19-20H,7,9H2,1-2H3/t16-/m1/s1. The van der Waals surface area contributed by atoms with Crippen LogP contribution in [-0.2, 0) is 16.4 Å². The van der Waals surface area contributed by atoms with Gasteiger partial charge in [0.1, 0.15) is 5.69 Å². The second-order valence-corrected chi connectivity index (χ2v) is 8.36. The van der Waals surface area contributed by atoms with Crippen LogP contribution in [0.2, 0.25) is 0 Å². The summed E-state index contributed by atoms with van der Waals surface area (Å²) in [6, 6.07) is 11.6. The minimum Gasteiger partial charge on any atom is -0.373 e. The summed E-state index contributed by atoms with van der Waals surface area (Å²) in [5.74, 6) is 0. The summed E-state index contributed by atoms with van der Waals surface area (Å²) in [5, 5.41) is 14.7. The predicted molar refractivity (Wildman–Crippen MR) is 99.7 cm³/mol. The van der Waals surface area contributed by atoms with Crippen molar-refractivity contribution >= 4 is 21.4 Å². The van der Waals surface area contributed by atoms with Gasteiger partial charge in [0.25, 0.3) is 5.69 Å². The molecule has 0 aromatic heterocycles. The van der Waals surface area contributed by atoms with Gasteiger partial charge in [0.05, 0.1) is 15.9 Å². The molecule has 0 fully saturated rings. The first kappa shape index (κ1) is 18.3. The van der Waals surface area contributed by atoms with Gasteiger partial charge in [0.15, 0.2) is 0 Å². The monoisotopic (exact) mass is 375 g/mol. The summed E-state index contributed by atoms with van der Waals surface area (Å²) in [7, 11) is -3.79. The lowest BCUT2D eigenvalue weighted by Crippen LogP contribution is -2.30. The Morgan fingerprint density at radius 1 is 1.19 bits per heavy atom. The van der Waals surface area contributed by atoms with E-state index in [0.717, 1.165) is 24.5 Å². The lowest BCUT2D eigenvalue weighted by atomic mass is 10.1. The van der Waals surface area contributed by atoms with Gasteiger partial charge in [-0.15, -0.1) is 0 Å². The summed E-state index contributed by atoms with van der Waals surface area (Å²) in [4.78, 5) is 10.8. The molecule has 0 saturated heterocycles. The topological polar surface area (TPSA) is 101 Å². The number of nitro benzene ring substituents is 1. The third kappa shape index (κ3) is 3.71. The van der Waals surface area contributed by atoms with E-state index in [2.05, 4.69) is 16.1 Å². The lowest BCUT2D eigenvalue weighted by Gasteiger charge is -2.16. The fourth-order valence-corrected chi connectivity index (χ4v) is 4.50. The summed E-state index contributed by atoms with van der Waals surface area (Å²) in [5.41, 5.74) is 2.43. The highest BCUT2D eigenvalue weighted by Gasteiger charge is 2.26. The molecule has 0 aliphatic heterocycles. The van der Waals surface area contributed by atoms with Gasteiger partial charge in [-0.25, -0.2) is 13.1 Å². The van der Waals surface area contributed by atoms with Gasteiger partial charge in [-0.1, -0.05) is 24.3 Å². The van der Waals surface area contributed by atoms with Crippen molar-refractivity contribution in [3.8, 4) is 0 Å². The lowest BCUT2D eigenvalue weighted by molar-refractivity contribution is -0.384. The molecule has 138 valence electrons. The van der Waals surface area contributed by atoms with Gasteiger partial charge in [-0.05, 0) is 49.9 Å². The van der Waals surface area contributed by atoms with E-state index in [4.69, 9.17) is 0 Å². The van der Waals surface area contributed by atoms with Crippen LogP contribution in [0.3, 0.4) is 0 Å². The number of hydrogen-bond acceptors (Lipinski definition) is 5. The number of nitrogens with one attached hydrogen (secondary N) is 2. The van der Waals surface area contributed by atoms with E-state index in [1.807, 2.05) is 18.2 Å². The van der Waals surface area contributed by atoms with E-state index in [1.165, 1.54) is 17.7 Å². The summed E-state index contributed by atoms with van der Waals surface area (Å²) in [6.07, 6.45) is 1.75. The van der Waals surface area contributed by atoms with Gasteiger partial charge in [0, 0.05) is 12.1 Å². The highest BCUT2D eigenvalue weighted by Crippen LogP contribution is 2.37. The Hall–Kier alpha value is -2.45. The fraction of sp³-hybridized carbons (Fsp3) is 0.333. The molecule has 1 aliphatic rings. The molecule has 0 amide bonds. The van der Waals surface area contributed by atoms with Gasteiger partial charge in [-0.3, -0.25) is 10.1 Å². The van der Waals surface area contributed by atoms with E-state index in [0.29, 0.717) is 5.69 Å². The van der Waals surface area contributed by atoms with Gasteiger partial charge in [0.2, 0.25) is 10.0 Å². The van der Waals surface area contributed by atoms with Gasteiger partial charge < -0.3 is 5.32 Å². The van der Waals surface area contributed by atoms with E-state index < -0.39 is 14.9 Å². The second kappa shape index (κ2) is 7.05. The molecule has 26 heavy (non-hydrogen) atoms. The Kier molecular flexibility index (Phi) is 4.97. The third-order valence-corrected chi connectivity index (χ3v) is 5.99. The predicted octanol–water partition coefficient (Wildman–Crippen LogP) is 3.38. The van der Waals surface area contributed by atoms with Crippen molar-refractivity contribution in [2.45, 2.75) is 43.7 Å². The maximum atomic E-state index is 12.3. The van der Waals surface area contributed by atoms with Crippen molar-refractivity contribution in [2.24, 2.45) is 0 Å². The van der Waals surface area contributed by atoms with E-state index >= 15 is 0 Å². The highest BCUT2D eigenvalue weighted by atomic mass is 32.2. The van der Waals surface area contributed by atoms with Crippen LogP contribution in [0.25, 0.3) is 0 Å². The SMILES string of the molecule is CC(C)NS(=O)(=O)c1ccc(N[C@@H]2CCc3ccccc32)c([N+](=O)[O-])c1. The molecule has 2 aromatic rings. The van der Waals surface area contributed by atoms with E-state index in [9.17, 15) is 18.5 Å². The number of nitrogens with zero attached hydrogens (tertiary/aromatic N) is 1. The quantitative estimate of drug-likeness (QED) is 0.595. The highest BCUT2D eigenvalue weighted by molar-refractivity contribution is 7.89. The fourth-order valence-electron chi connectivity index (χ4n) is 3.22. The first-order valence-corrected chi connectivity index (χ1v) is 9.91. The van der Waals surface area contributed by atoms with E-state index in [1.54, 1.807) is 13.8 Å². The molecule has 0 radical (unpaired) electrons. The zero-order valence-corrected chi connectivity index (χ0v) is 15.4. The van der Waals surface area contributed by atoms with Crippen molar-refractivity contribution in [1.29, 1.82) is 0 Å². The molecule has 2 aromatic carbocycles. The molecule has 0 saturated carbocycles. The van der Waals surface area contributed by atoms with E-state index in [-0.39, 0.29) is 22.7 Å². The Bertz CT molecular complexity index is 941.